The fourth-order valence-corrected chi connectivity index (χ4v) is 1.70. The van der Waals surface area contributed by atoms with Crippen LogP contribution < -0.4 is 0 Å². The summed E-state index contributed by atoms with van der Waals surface area (Å²) < 4.78 is 10.8. The highest BCUT2D eigenvalue weighted by Crippen LogP contribution is 2.19. The average molecular weight is 276 g/mol. The van der Waals surface area contributed by atoms with E-state index in [-0.39, 0.29) is 12.2 Å². The molecule has 0 fully saturated rings. The molecule has 1 aliphatic rings. The summed E-state index contributed by atoms with van der Waals surface area (Å²) in [5, 5.41) is 8.98. The highest BCUT2D eigenvalue weighted by atomic mass is 16.5. The van der Waals surface area contributed by atoms with E-state index in [4.69, 9.17) is 14.6 Å². The quantitative estimate of drug-likeness (QED) is 0.572. The summed E-state index contributed by atoms with van der Waals surface area (Å²) in [5.74, 6) is 0.648. The molecule has 20 heavy (non-hydrogen) atoms. The molecule has 0 saturated carbocycles. The van der Waals surface area contributed by atoms with Crippen molar-refractivity contribution in [2.45, 2.75) is 19.8 Å². The van der Waals surface area contributed by atoms with Crippen LogP contribution in [0.2, 0.25) is 0 Å². The van der Waals surface area contributed by atoms with E-state index in [0.717, 1.165) is 24.4 Å². The molecule has 0 radical (unpaired) electrons. The Morgan fingerprint density at radius 3 is 2.85 bits per heavy atom. The molecule has 4 heteroatoms. The standard InChI is InChI=1S/C16H20O4/c1-4-12(9-13(5-2)16(17)18)11-20-15-8-6-7-14(10-15)19-3/h4-5,8-10H,1,6-7,11H2,2-3H3,(H,17,18)/b12-9+,13-5+. The van der Waals surface area contributed by atoms with Gasteiger partial charge in [-0.05, 0) is 31.1 Å². The lowest BCUT2D eigenvalue weighted by Crippen LogP contribution is -2.03. The molecule has 0 heterocycles. The van der Waals surface area contributed by atoms with E-state index >= 15 is 0 Å². The molecule has 108 valence electrons. The molecule has 0 amide bonds. The highest BCUT2D eigenvalue weighted by Gasteiger charge is 2.08. The van der Waals surface area contributed by atoms with Crippen LogP contribution >= 0.6 is 0 Å². The number of carbonyl (C=O) groups is 1. The van der Waals surface area contributed by atoms with E-state index < -0.39 is 5.97 Å². The molecule has 0 atom stereocenters. The second kappa shape index (κ2) is 8.04. The second-order valence-corrected chi connectivity index (χ2v) is 4.22. The molecule has 0 aromatic rings. The van der Waals surface area contributed by atoms with Crippen LogP contribution in [0.1, 0.15) is 19.8 Å². The molecule has 0 aliphatic heterocycles. The molecule has 0 aromatic carbocycles. The lowest BCUT2D eigenvalue weighted by atomic mass is 10.1. The van der Waals surface area contributed by atoms with Gasteiger partial charge in [0, 0.05) is 12.5 Å². The largest absolute Gasteiger partial charge is 0.501 e. The first kappa shape index (κ1) is 15.8. The normalized spacial score (nSPS) is 16.1. The van der Waals surface area contributed by atoms with Gasteiger partial charge in [0.2, 0.25) is 0 Å². The summed E-state index contributed by atoms with van der Waals surface area (Å²) in [4.78, 5) is 10.9. The number of methoxy groups -OCH3 is 1. The van der Waals surface area contributed by atoms with Crippen molar-refractivity contribution >= 4 is 5.97 Å². The summed E-state index contributed by atoms with van der Waals surface area (Å²) in [6, 6.07) is 0. The smallest absolute Gasteiger partial charge is 0.335 e. The number of ether oxygens (including phenoxy) is 2. The topological polar surface area (TPSA) is 55.8 Å². The maximum Gasteiger partial charge on any atom is 0.335 e. The van der Waals surface area contributed by atoms with Crippen LogP contribution in [0.15, 0.2) is 59.6 Å². The van der Waals surface area contributed by atoms with Crippen LogP contribution in [-0.2, 0) is 14.3 Å². The van der Waals surface area contributed by atoms with Gasteiger partial charge in [0.15, 0.2) is 0 Å². The molecule has 1 N–H and O–H groups in total. The zero-order valence-electron chi connectivity index (χ0n) is 11.9. The second-order valence-electron chi connectivity index (χ2n) is 4.22. The minimum atomic E-state index is -0.967. The summed E-state index contributed by atoms with van der Waals surface area (Å²) in [6.45, 7) is 5.63. The van der Waals surface area contributed by atoms with Crippen molar-refractivity contribution in [1.29, 1.82) is 0 Å². The fraction of sp³-hybridized carbons (Fsp3) is 0.312. The van der Waals surface area contributed by atoms with Crippen molar-refractivity contribution in [1.82, 2.24) is 0 Å². The molecule has 0 spiro atoms. The molecular weight excluding hydrogens is 256 g/mol. The lowest BCUT2D eigenvalue weighted by molar-refractivity contribution is -0.132. The van der Waals surface area contributed by atoms with E-state index in [2.05, 4.69) is 6.58 Å². The molecule has 4 nitrogen and oxygen atoms in total. The first-order valence-electron chi connectivity index (χ1n) is 6.40. The summed E-state index contributed by atoms with van der Waals surface area (Å²) in [6.07, 6.45) is 10.3. The van der Waals surface area contributed by atoms with Gasteiger partial charge in [0.25, 0.3) is 0 Å². The Kier molecular flexibility index (Phi) is 6.37. The van der Waals surface area contributed by atoms with Gasteiger partial charge in [-0.25, -0.2) is 4.79 Å². The Labute approximate surface area is 119 Å². The third-order valence-corrected chi connectivity index (χ3v) is 2.87. The number of allylic oxidation sites excluding steroid dienone is 4. The first-order chi connectivity index (χ1) is 9.60. The SMILES string of the molecule is C=C/C(=C\C(=C/C)C(=O)O)COC1=CCCC(OC)=C1. The van der Waals surface area contributed by atoms with Gasteiger partial charge in [0.05, 0.1) is 18.4 Å². The molecule has 1 rings (SSSR count). The van der Waals surface area contributed by atoms with Gasteiger partial charge in [-0.1, -0.05) is 18.7 Å². The van der Waals surface area contributed by atoms with Crippen LogP contribution in [0.25, 0.3) is 0 Å². The van der Waals surface area contributed by atoms with E-state index in [1.807, 2.05) is 12.2 Å². The lowest BCUT2D eigenvalue weighted by Gasteiger charge is -2.14. The molecule has 1 aliphatic carbocycles. The molecule has 0 unspecified atom stereocenters. The van der Waals surface area contributed by atoms with E-state index in [0.29, 0.717) is 5.57 Å². The van der Waals surface area contributed by atoms with Gasteiger partial charge in [-0.2, -0.15) is 0 Å². The Hall–Kier alpha value is -2.23. The monoisotopic (exact) mass is 276 g/mol. The molecule has 0 saturated heterocycles. The summed E-state index contributed by atoms with van der Waals surface area (Å²) in [7, 11) is 1.63. The predicted octanol–water partition coefficient (Wildman–Crippen LogP) is 3.35. The van der Waals surface area contributed by atoms with Gasteiger partial charge in [0.1, 0.15) is 12.4 Å². The minimum absolute atomic E-state index is 0.217. The van der Waals surface area contributed by atoms with Crippen molar-refractivity contribution in [2.24, 2.45) is 0 Å². The van der Waals surface area contributed by atoms with Crippen LogP contribution in [0.4, 0.5) is 0 Å². The van der Waals surface area contributed by atoms with Gasteiger partial charge in [-0.15, -0.1) is 0 Å². The van der Waals surface area contributed by atoms with E-state index in [1.165, 1.54) is 6.08 Å². The highest BCUT2D eigenvalue weighted by molar-refractivity contribution is 5.90. The van der Waals surface area contributed by atoms with Crippen LogP contribution in [-0.4, -0.2) is 24.8 Å². The average Bonchev–Trinajstić information content (AvgIpc) is 2.47. The Bertz CT molecular complexity index is 493. The molecular formula is C16H20O4. The van der Waals surface area contributed by atoms with Crippen LogP contribution in [0.3, 0.4) is 0 Å². The van der Waals surface area contributed by atoms with Gasteiger partial charge < -0.3 is 14.6 Å². The Morgan fingerprint density at radius 2 is 2.30 bits per heavy atom. The predicted molar refractivity (Wildman–Crippen MR) is 78.0 cm³/mol. The summed E-state index contributed by atoms with van der Waals surface area (Å²) >= 11 is 0. The van der Waals surface area contributed by atoms with Crippen molar-refractivity contribution in [3.8, 4) is 0 Å². The number of carboxylic acid groups (broad SMARTS) is 1. The zero-order valence-corrected chi connectivity index (χ0v) is 11.9. The fourth-order valence-electron chi connectivity index (χ4n) is 1.70. The Balaban J connectivity index is 2.69. The molecule has 0 aromatic heterocycles. The number of hydrogen-bond donors (Lipinski definition) is 1. The number of rotatable bonds is 7. The summed E-state index contributed by atoms with van der Waals surface area (Å²) in [5.41, 5.74) is 0.925. The maximum atomic E-state index is 10.9. The van der Waals surface area contributed by atoms with Crippen molar-refractivity contribution in [3.63, 3.8) is 0 Å². The number of aliphatic carboxylic acids is 1. The maximum absolute atomic E-state index is 10.9. The third kappa shape index (κ3) is 4.80. The van der Waals surface area contributed by atoms with Gasteiger partial charge in [-0.3, -0.25) is 0 Å². The van der Waals surface area contributed by atoms with Gasteiger partial charge >= 0.3 is 5.97 Å². The van der Waals surface area contributed by atoms with Crippen molar-refractivity contribution < 1.29 is 19.4 Å². The number of hydrogen-bond acceptors (Lipinski definition) is 3. The van der Waals surface area contributed by atoms with Crippen LogP contribution in [0, 0.1) is 0 Å². The Morgan fingerprint density at radius 1 is 1.55 bits per heavy atom. The number of carboxylic acids is 1. The zero-order chi connectivity index (χ0) is 15.0. The van der Waals surface area contributed by atoms with Crippen molar-refractivity contribution in [2.75, 3.05) is 13.7 Å². The van der Waals surface area contributed by atoms with Crippen LogP contribution in [0.5, 0.6) is 0 Å². The minimum Gasteiger partial charge on any atom is -0.501 e. The van der Waals surface area contributed by atoms with Crippen molar-refractivity contribution in [3.05, 3.63) is 59.6 Å². The van der Waals surface area contributed by atoms with E-state index in [1.54, 1.807) is 26.2 Å². The first-order valence-corrected chi connectivity index (χ1v) is 6.40. The third-order valence-electron chi connectivity index (χ3n) is 2.87. The molecule has 0 bridgehead atoms. The van der Waals surface area contributed by atoms with E-state index in [9.17, 15) is 4.79 Å².